The van der Waals surface area contributed by atoms with Gasteiger partial charge in [-0.25, -0.2) is 0 Å². The Morgan fingerprint density at radius 1 is 1.05 bits per heavy atom. The highest BCUT2D eigenvalue weighted by Crippen LogP contribution is 2.29. The van der Waals surface area contributed by atoms with Crippen LogP contribution in [0.15, 0.2) is 48.5 Å². The molecule has 19 heavy (non-hydrogen) atoms. The Balaban J connectivity index is 2.12. The molecular weight excluding hydrogens is 279 g/mol. The minimum Gasteiger partial charge on any atom is -0.388 e. The Hall–Kier alpha value is -1.02. The van der Waals surface area contributed by atoms with Gasteiger partial charge in [0.2, 0.25) is 0 Å². The van der Waals surface area contributed by atoms with E-state index in [0.29, 0.717) is 16.5 Å². The molecule has 0 spiro atoms. The molecule has 0 aromatic heterocycles. The van der Waals surface area contributed by atoms with Gasteiger partial charge in [0.1, 0.15) is 0 Å². The van der Waals surface area contributed by atoms with Crippen molar-refractivity contribution in [1.29, 1.82) is 0 Å². The third-order valence-electron chi connectivity index (χ3n) is 3.23. The van der Waals surface area contributed by atoms with Crippen LogP contribution in [0.5, 0.6) is 0 Å². The first-order chi connectivity index (χ1) is 9.08. The Labute approximate surface area is 123 Å². The first kappa shape index (κ1) is 14.4. The van der Waals surface area contributed by atoms with E-state index in [9.17, 15) is 5.11 Å². The van der Waals surface area contributed by atoms with Crippen LogP contribution >= 0.6 is 23.2 Å². The van der Waals surface area contributed by atoms with E-state index in [1.807, 2.05) is 43.3 Å². The van der Waals surface area contributed by atoms with Crippen LogP contribution < -0.4 is 0 Å². The molecule has 0 fully saturated rings. The first-order valence-electron chi connectivity index (χ1n) is 6.25. The van der Waals surface area contributed by atoms with Crippen LogP contribution in [-0.4, -0.2) is 5.11 Å². The Bertz CT molecular complexity index is 540. The summed E-state index contributed by atoms with van der Waals surface area (Å²) < 4.78 is 0. The summed E-state index contributed by atoms with van der Waals surface area (Å²) in [5, 5.41) is 11.7. The zero-order valence-corrected chi connectivity index (χ0v) is 12.2. The summed E-state index contributed by atoms with van der Waals surface area (Å²) >= 11 is 12.1. The predicted octanol–water partition coefficient (Wildman–Crippen LogP) is 4.91. The quantitative estimate of drug-likeness (QED) is 0.850. The SMILES string of the molecule is CC(Cc1cc(Cl)ccc1Cl)C(O)c1ccccc1. The molecule has 2 unspecified atom stereocenters. The van der Waals surface area contributed by atoms with Crippen molar-refractivity contribution in [3.63, 3.8) is 0 Å². The van der Waals surface area contributed by atoms with Crippen LogP contribution in [0.2, 0.25) is 10.0 Å². The molecular formula is C16H16Cl2O. The normalized spacial score (nSPS) is 14.1. The minimum absolute atomic E-state index is 0.0679. The molecule has 0 aliphatic heterocycles. The van der Waals surface area contributed by atoms with Crippen molar-refractivity contribution >= 4 is 23.2 Å². The van der Waals surface area contributed by atoms with Crippen LogP contribution in [0.4, 0.5) is 0 Å². The topological polar surface area (TPSA) is 20.2 Å². The van der Waals surface area contributed by atoms with Crippen LogP contribution in [-0.2, 0) is 6.42 Å². The van der Waals surface area contributed by atoms with E-state index in [2.05, 4.69) is 0 Å². The van der Waals surface area contributed by atoms with Gasteiger partial charge in [-0.1, -0.05) is 60.5 Å². The maximum Gasteiger partial charge on any atom is 0.0818 e. The van der Waals surface area contributed by atoms with Crippen molar-refractivity contribution in [3.05, 3.63) is 69.7 Å². The molecule has 0 saturated heterocycles. The molecule has 3 heteroatoms. The van der Waals surface area contributed by atoms with Crippen LogP contribution in [0, 0.1) is 5.92 Å². The van der Waals surface area contributed by atoms with Crippen molar-refractivity contribution in [2.75, 3.05) is 0 Å². The average molecular weight is 295 g/mol. The summed E-state index contributed by atoms with van der Waals surface area (Å²) in [7, 11) is 0. The van der Waals surface area contributed by atoms with E-state index < -0.39 is 6.10 Å². The van der Waals surface area contributed by atoms with Gasteiger partial charge in [-0.3, -0.25) is 0 Å². The van der Waals surface area contributed by atoms with Crippen molar-refractivity contribution in [3.8, 4) is 0 Å². The van der Waals surface area contributed by atoms with E-state index in [-0.39, 0.29) is 5.92 Å². The summed E-state index contributed by atoms with van der Waals surface area (Å²) in [6.45, 7) is 2.01. The van der Waals surface area contributed by atoms with E-state index >= 15 is 0 Å². The van der Waals surface area contributed by atoms with Crippen molar-refractivity contribution in [2.24, 2.45) is 5.92 Å². The lowest BCUT2D eigenvalue weighted by atomic mass is 9.91. The van der Waals surface area contributed by atoms with Gasteiger partial charge < -0.3 is 5.11 Å². The summed E-state index contributed by atoms with van der Waals surface area (Å²) in [5.41, 5.74) is 1.89. The zero-order valence-electron chi connectivity index (χ0n) is 10.7. The molecule has 0 radical (unpaired) electrons. The third-order valence-corrected chi connectivity index (χ3v) is 3.83. The Morgan fingerprint density at radius 2 is 1.74 bits per heavy atom. The number of aliphatic hydroxyl groups is 1. The Kier molecular flexibility index (Phi) is 4.87. The number of aliphatic hydroxyl groups excluding tert-OH is 1. The van der Waals surface area contributed by atoms with E-state index in [4.69, 9.17) is 23.2 Å². The molecule has 2 aromatic carbocycles. The molecule has 0 amide bonds. The van der Waals surface area contributed by atoms with Gasteiger partial charge in [-0.15, -0.1) is 0 Å². The lowest BCUT2D eigenvalue weighted by Gasteiger charge is -2.20. The molecule has 100 valence electrons. The molecule has 0 aliphatic rings. The minimum atomic E-state index is -0.503. The van der Waals surface area contributed by atoms with E-state index in [1.165, 1.54) is 0 Å². The number of hydrogen-bond acceptors (Lipinski definition) is 1. The van der Waals surface area contributed by atoms with Crippen molar-refractivity contribution < 1.29 is 5.11 Å². The van der Waals surface area contributed by atoms with Gasteiger partial charge >= 0.3 is 0 Å². The largest absolute Gasteiger partial charge is 0.388 e. The van der Waals surface area contributed by atoms with Gasteiger partial charge in [0.25, 0.3) is 0 Å². The number of benzene rings is 2. The fourth-order valence-corrected chi connectivity index (χ4v) is 2.53. The summed E-state index contributed by atoms with van der Waals surface area (Å²) in [6, 6.07) is 15.1. The smallest absolute Gasteiger partial charge is 0.0818 e. The highest BCUT2D eigenvalue weighted by molar-refractivity contribution is 6.33. The average Bonchev–Trinajstić information content (AvgIpc) is 2.43. The number of halogens is 2. The van der Waals surface area contributed by atoms with Gasteiger partial charge in [-0.2, -0.15) is 0 Å². The second-order valence-corrected chi connectivity index (χ2v) is 5.62. The third kappa shape index (κ3) is 3.73. The molecule has 1 N–H and O–H groups in total. The fraction of sp³-hybridized carbons (Fsp3) is 0.250. The van der Waals surface area contributed by atoms with Crippen molar-refractivity contribution in [2.45, 2.75) is 19.4 Å². The summed E-state index contributed by atoms with van der Waals surface area (Å²) in [4.78, 5) is 0. The van der Waals surface area contributed by atoms with E-state index in [1.54, 1.807) is 12.1 Å². The van der Waals surface area contributed by atoms with Crippen LogP contribution in [0.25, 0.3) is 0 Å². The molecule has 2 atom stereocenters. The fourth-order valence-electron chi connectivity index (χ4n) is 2.14. The second kappa shape index (κ2) is 6.42. The molecule has 2 rings (SSSR count). The van der Waals surface area contributed by atoms with Gasteiger partial charge in [0.15, 0.2) is 0 Å². The number of rotatable bonds is 4. The molecule has 2 aromatic rings. The van der Waals surface area contributed by atoms with Crippen molar-refractivity contribution in [1.82, 2.24) is 0 Å². The predicted molar refractivity (Wildman–Crippen MR) is 80.7 cm³/mol. The molecule has 0 saturated carbocycles. The molecule has 0 heterocycles. The zero-order chi connectivity index (χ0) is 13.8. The summed E-state index contributed by atoms with van der Waals surface area (Å²) in [6.07, 6.45) is 0.186. The monoisotopic (exact) mass is 294 g/mol. The Morgan fingerprint density at radius 3 is 2.42 bits per heavy atom. The molecule has 0 aliphatic carbocycles. The molecule has 1 nitrogen and oxygen atoms in total. The highest BCUT2D eigenvalue weighted by atomic mass is 35.5. The summed E-state index contributed by atoms with van der Waals surface area (Å²) in [5.74, 6) is 0.0679. The van der Waals surface area contributed by atoms with Gasteiger partial charge in [0, 0.05) is 10.0 Å². The highest BCUT2D eigenvalue weighted by Gasteiger charge is 2.17. The maximum absolute atomic E-state index is 10.3. The molecule has 0 bridgehead atoms. The number of hydrogen-bond donors (Lipinski definition) is 1. The maximum atomic E-state index is 10.3. The lowest BCUT2D eigenvalue weighted by Crippen LogP contribution is -2.12. The van der Waals surface area contributed by atoms with Gasteiger partial charge in [-0.05, 0) is 41.7 Å². The van der Waals surface area contributed by atoms with Crippen LogP contribution in [0.3, 0.4) is 0 Å². The van der Waals surface area contributed by atoms with E-state index in [0.717, 1.165) is 11.1 Å². The van der Waals surface area contributed by atoms with Crippen LogP contribution in [0.1, 0.15) is 24.2 Å². The van der Waals surface area contributed by atoms with Gasteiger partial charge in [0.05, 0.1) is 6.10 Å². The first-order valence-corrected chi connectivity index (χ1v) is 7.00. The second-order valence-electron chi connectivity index (χ2n) is 4.77. The standard InChI is InChI=1S/C16H16Cl2O/c1-11(16(19)12-5-3-2-4-6-12)9-13-10-14(17)7-8-15(13)18/h2-8,10-11,16,19H,9H2,1H3. The lowest BCUT2D eigenvalue weighted by molar-refractivity contribution is 0.117.